The Morgan fingerprint density at radius 3 is 2.18 bits per heavy atom. The van der Waals surface area contributed by atoms with Crippen LogP contribution < -0.4 is 11.1 Å². The number of hydrogen-bond donors (Lipinski definition) is 5. The number of nitrogens with one attached hydrogen (secondary N) is 1. The van der Waals surface area contributed by atoms with Gasteiger partial charge in [-0.05, 0) is 42.3 Å². The molecule has 39 heavy (non-hydrogen) atoms. The van der Waals surface area contributed by atoms with Crippen LogP contribution in [-0.2, 0) is 20.2 Å². The number of carbonyl (C=O) groups excluding carboxylic acids is 1. The minimum absolute atomic E-state index is 0.0639. The molecular weight excluding hydrogens is 552 g/mol. The Bertz CT molecular complexity index is 1930. The van der Waals surface area contributed by atoms with Gasteiger partial charge >= 0.3 is 5.97 Å². The van der Waals surface area contributed by atoms with Crippen LogP contribution in [0.15, 0.2) is 56.7 Å². The number of carbonyl (C=O) groups is 2. The molecule has 1 aliphatic carbocycles. The van der Waals surface area contributed by atoms with Gasteiger partial charge in [0.2, 0.25) is 0 Å². The summed E-state index contributed by atoms with van der Waals surface area (Å²) in [6.07, 6.45) is 1.52. The van der Waals surface area contributed by atoms with Crippen molar-refractivity contribution in [2.45, 2.75) is 36.0 Å². The Hall–Kier alpha value is -4.11. The molecule has 2 aromatic carbocycles. The topological polar surface area (TPSA) is 226 Å². The van der Waals surface area contributed by atoms with Crippen molar-refractivity contribution in [3.8, 4) is 22.5 Å². The predicted octanol–water partition coefficient (Wildman–Crippen LogP) is 3.83. The molecule has 0 saturated heterocycles. The molecule has 0 fully saturated rings. The van der Waals surface area contributed by atoms with E-state index in [-0.39, 0.29) is 45.4 Å². The van der Waals surface area contributed by atoms with Gasteiger partial charge in [0.15, 0.2) is 26.9 Å². The number of unbranched alkanes of at least 4 members (excludes halogenated alkanes) is 1. The Labute approximate surface area is 222 Å². The summed E-state index contributed by atoms with van der Waals surface area (Å²) in [5.74, 6) is -2.42. The number of rotatable bonds is 8. The zero-order valence-electron chi connectivity index (χ0n) is 20.3. The van der Waals surface area contributed by atoms with E-state index in [1.807, 2.05) is 6.92 Å². The highest BCUT2D eigenvalue weighted by Crippen LogP contribution is 2.45. The maximum absolute atomic E-state index is 12.6. The fraction of sp³-hybridized carbons (Fsp3) is 0.160. The molecule has 204 valence electrons. The second-order valence-corrected chi connectivity index (χ2v) is 11.4. The lowest BCUT2D eigenvalue weighted by atomic mass is 9.89. The zero-order valence-corrected chi connectivity index (χ0v) is 21.9. The number of anilines is 1. The van der Waals surface area contributed by atoms with Crippen molar-refractivity contribution in [1.29, 1.82) is 5.41 Å². The fourth-order valence-corrected chi connectivity index (χ4v) is 5.87. The molecule has 1 aliphatic heterocycles. The van der Waals surface area contributed by atoms with E-state index in [1.165, 1.54) is 24.3 Å². The van der Waals surface area contributed by atoms with E-state index in [0.717, 1.165) is 24.6 Å². The first kappa shape index (κ1) is 27.9. The van der Waals surface area contributed by atoms with Gasteiger partial charge in [0, 0.05) is 28.5 Å². The molecule has 0 spiro atoms. The third kappa shape index (κ3) is 5.02. The molecular formula is C25H22N2O10S2. The average molecular weight is 575 g/mol. The van der Waals surface area contributed by atoms with Gasteiger partial charge in [-0.3, -0.25) is 19.3 Å². The molecule has 14 heteroatoms. The second-order valence-electron chi connectivity index (χ2n) is 8.70. The largest absolute Gasteiger partial charge is 0.478 e. The molecule has 0 unspecified atom stereocenters. The lowest BCUT2D eigenvalue weighted by Gasteiger charge is -2.20. The third-order valence-corrected chi connectivity index (χ3v) is 7.97. The summed E-state index contributed by atoms with van der Waals surface area (Å²) < 4.78 is 74.4. The molecule has 12 nitrogen and oxygen atoms in total. The van der Waals surface area contributed by atoms with Crippen molar-refractivity contribution >= 4 is 48.6 Å². The molecule has 0 amide bonds. The van der Waals surface area contributed by atoms with Crippen LogP contribution in [0.1, 0.15) is 46.9 Å². The molecule has 2 aliphatic rings. The zero-order chi connectivity index (χ0) is 28.9. The maximum atomic E-state index is 12.6. The van der Waals surface area contributed by atoms with Gasteiger partial charge < -0.3 is 15.3 Å². The lowest BCUT2D eigenvalue weighted by molar-refractivity contribution is 0.0697. The van der Waals surface area contributed by atoms with E-state index in [2.05, 4.69) is 0 Å². The van der Waals surface area contributed by atoms with Crippen molar-refractivity contribution in [3.05, 3.63) is 58.9 Å². The van der Waals surface area contributed by atoms with Gasteiger partial charge in [0.25, 0.3) is 20.2 Å². The number of Topliss-reactive ketones (excluding diaryl/α,β-unsaturated/α-hetero) is 1. The monoisotopic (exact) mass is 574 g/mol. The molecule has 0 saturated carbocycles. The summed E-state index contributed by atoms with van der Waals surface area (Å²) in [4.78, 5) is 23.0. The summed E-state index contributed by atoms with van der Waals surface area (Å²) in [6.45, 7) is 1.90. The van der Waals surface area contributed by atoms with Crippen molar-refractivity contribution in [3.63, 3.8) is 0 Å². The van der Waals surface area contributed by atoms with Crippen molar-refractivity contribution in [2.75, 3.05) is 5.73 Å². The number of nitrogens with two attached hydrogens (primary N) is 1. The van der Waals surface area contributed by atoms with Crippen molar-refractivity contribution in [1.82, 2.24) is 0 Å². The molecule has 6 N–H and O–H groups in total. The molecule has 0 aromatic heterocycles. The molecule has 1 heterocycles. The molecule has 0 radical (unpaired) electrons. The second kappa shape index (κ2) is 9.89. The quantitative estimate of drug-likeness (QED) is 0.0879. The number of nitrogen functional groups attached to an aromatic ring is 1. The summed E-state index contributed by atoms with van der Waals surface area (Å²) in [6, 6.07) is 8.52. The van der Waals surface area contributed by atoms with Crippen LogP contribution in [-0.4, -0.2) is 42.8 Å². The van der Waals surface area contributed by atoms with Crippen LogP contribution in [0.3, 0.4) is 0 Å². The standard InChI is InChI=1S/C25H22N2O10S2/c1-2-3-4-19(28)12-5-6-13(16(11-12)25(29)30)20-14-7-9-17(26)23(38(31,32)33)21(14)37-22-15(20)8-10-18(27)24(22)39(34,35)36/h5-11,26H,2-4,27H2,1H3,(H,29,30)(H,31,32,33)(H,34,35,36). The summed E-state index contributed by atoms with van der Waals surface area (Å²) in [5, 5.41) is 17.3. The lowest BCUT2D eigenvalue weighted by Crippen LogP contribution is -2.16. The highest BCUT2D eigenvalue weighted by Gasteiger charge is 2.31. The van der Waals surface area contributed by atoms with Crippen LogP contribution in [0, 0.1) is 5.41 Å². The van der Waals surface area contributed by atoms with E-state index in [9.17, 15) is 40.6 Å². The number of fused-ring (bicyclic) bond motifs is 2. The van der Waals surface area contributed by atoms with Gasteiger partial charge in [-0.25, -0.2) is 4.79 Å². The highest BCUT2D eigenvalue weighted by atomic mass is 32.2. The molecule has 2 aromatic rings. The molecule has 4 rings (SSSR count). The van der Waals surface area contributed by atoms with Crippen LogP contribution in [0.25, 0.3) is 33.4 Å². The number of carboxylic acids is 1. The number of aromatic carboxylic acids is 1. The summed E-state index contributed by atoms with van der Waals surface area (Å²) in [5.41, 5.74) is 4.19. The van der Waals surface area contributed by atoms with E-state index >= 15 is 0 Å². The van der Waals surface area contributed by atoms with Gasteiger partial charge in [-0.15, -0.1) is 0 Å². The average Bonchev–Trinajstić information content (AvgIpc) is 2.83. The van der Waals surface area contributed by atoms with Crippen LogP contribution in [0.5, 0.6) is 0 Å². The maximum Gasteiger partial charge on any atom is 0.336 e. The SMILES string of the molecule is CCCCC(=O)c1ccc(-c2c3ccc(=N)c(S(=O)(=O)O)c-3oc3c(S(=O)(=O)O)c(N)ccc23)c(C(=O)O)c1. The predicted molar refractivity (Wildman–Crippen MR) is 139 cm³/mol. The van der Waals surface area contributed by atoms with Gasteiger partial charge in [0.1, 0.15) is 0 Å². The van der Waals surface area contributed by atoms with E-state index in [4.69, 9.17) is 15.6 Å². The van der Waals surface area contributed by atoms with Crippen molar-refractivity contribution < 1.29 is 45.1 Å². The minimum atomic E-state index is -5.12. The third-order valence-electron chi connectivity index (χ3n) is 6.11. The highest BCUT2D eigenvalue weighted by molar-refractivity contribution is 7.86. The molecule has 0 bridgehead atoms. The Kier molecular flexibility index (Phi) is 7.08. The van der Waals surface area contributed by atoms with Crippen LogP contribution in [0.4, 0.5) is 5.69 Å². The number of ketones is 1. The summed E-state index contributed by atoms with van der Waals surface area (Å²) >= 11 is 0. The van der Waals surface area contributed by atoms with Crippen molar-refractivity contribution in [2.24, 2.45) is 0 Å². The first-order chi connectivity index (χ1) is 18.2. The first-order valence-corrected chi connectivity index (χ1v) is 14.3. The fourth-order valence-electron chi connectivity index (χ4n) is 4.39. The Morgan fingerprint density at radius 2 is 1.59 bits per heavy atom. The van der Waals surface area contributed by atoms with E-state index < -0.39 is 58.4 Å². The number of carboxylic acid groups (broad SMARTS) is 1. The number of hydrogen-bond acceptors (Lipinski definition) is 9. The van der Waals surface area contributed by atoms with Crippen LogP contribution in [0.2, 0.25) is 0 Å². The van der Waals surface area contributed by atoms with Gasteiger partial charge in [-0.2, -0.15) is 16.8 Å². The minimum Gasteiger partial charge on any atom is -0.478 e. The Balaban J connectivity index is 2.25. The normalized spacial score (nSPS) is 12.2. The van der Waals surface area contributed by atoms with Gasteiger partial charge in [-0.1, -0.05) is 25.5 Å². The van der Waals surface area contributed by atoms with Gasteiger partial charge in [0.05, 0.1) is 16.6 Å². The smallest absolute Gasteiger partial charge is 0.336 e. The number of benzene rings is 3. The van der Waals surface area contributed by atoms with E-state index in [0.29, 0.717) is 6.42 Å². The first-order valence-electron chi connectivity index (χ1n) is 11.4. The Morgan fingerprint density at radius 1 is 0.949 bits per heavy atom. The summed E-state index contributed by atoms with van der Waals surface area (Å²) in [7, 11) is -10.2. The van der Waals surface area contributed by atoms with Crippen LogP contribution >= 0.6 is 0 Å². The van der Waals surface area contributed by atoms with E-state index in [1.54, 1.807) is 0 Å². The molecule has 0 atom stereocenters.